The van der Waals surface area contributed by atoms with E-state index in [-0.39, 0.29) is 5.91 Å². The molecule has 1 amide bonds. The smallest absolute Gasteiger partial charge is 0.240 e. The van der Waals surface area contributed by atoms with Gasteiger partial charge in [0.05, 0.1) is 6.07 Å². The van der Waals surface area contributed by atoms with Gasteiger partial charge >= 0.3 is 0 Å². The van der Waals surface area contributed by atoms with Crippen LogP contribution in [0.5, 0.6) is 0 Å². The van der Waals surface area contributed by atoms with Gasteiger partial charge in [0.25, 0.3) is 0 Å². The van der Waals surface area contributed by atoms with Crippen molar-refractivity contribution < 1.29 is 4.79 Å². The van der Waals surface area contributed by atoms with Gasteiger partial charge in [0.15, 0.2) is 0 Å². The summed E-state index contributed by atoms with van der Waals surface area (Å²) in [6.45, 7) is 0.817. The van der Waals surface area contributed by atoms with Crippen molar-refractivity contribution in [2.24, 2.45) is 23.2 Å². The molecular weight excluding hydrogens is 200 g/mol. The lowest BCUT2D eigenvalue weighted by Crippen LogP contribution is -2.36. The summed E-state index contributed by atoms with van der Waals surface area (Å²) < 4.78 is 0. The minimum absolute atomic E-state index is 0.0127. The summed E-state index contributed by atoms with van der Waals surface area (Å²) in [7, 11) is 0. The summed E-state index contributed by atoms with van der Waals surface area (Å²) in [4.78, 5) is 11.8. The summed E-state index contributed by atoms with van der Waals surface area (Å²) >= 11 is 0. The minimum Gasteiger partial charge on any atom is -0.354 e. The van der Waals surface area contributed by atoms with Gasteiger partial charge in [-0.1, -0.05) is 0 Å². The summed E-state index contributed by atoms with van der Waals surface area (Å²) in [5, 5.41) is 11.9. The number of nitriles is 1. The number of carbonyl (C=O) groups is 1. The highest BCUT2D eigenvalue weighted by atomic mass is 16.2. The largest absolute Gasteiger partial charge is 0.354 e. The monoisotopic (exact) mass is 218 g/mol. The Bertz CT molecular complexity index is 333. The van der Waals surface area contributed by atoms with Gasteiger partial charge in [-0.25, -0.2) is 0 Å². The number of carbonyl (C=O) groups excluding carboxylic acids is 1. The van der Waals surface area contributed by atoms with Crippen molar-refractivity contribution in [2.45, 2.75) is 38.5 Å². The summed E-state index contributed by atoms with van der Waals surface area (Å²) in [6, 6.07) is 2.15. The molecule has 3 rings (SSSR count). The average molecular weight is 218 g/mol. The zero-order chi connectivity index (χ0) is 11.2. The van der Waals surface area contributed by atoms with Gasteiger partial charge in [-0.2, -0.15) is 5.26 Å². The molecule has 3 aliphatic carbocycles. The quantitative estimate of drug-likeness (QED) is 0.765. The van der Waals surface area contributed by atoms with Crippen molar-refractivity contribution >= 4 is 5.91 Å². The second kappa shape index (κ2) is 3.48. The molecule has 0 aromatic rings. The first-order valence-corrected chi connectivity index (χ1v) is 6.45. The highest BCUT2D eigenvalue weighted by molar-refractivity contribution is 5.88. The molecular formula is C13H18N2O. The number of hydrogen-bond acceptors (Lipinski definition) is 2. The maximum absolute atomic E-state index is 11.8. The van der Waals surface area contributed by atoms with E-state index in [1.807, 2.05) is 0 Å². The van der Waals surface area contributed by atoms with Crippen LogP contribution in [-0.2, 0) is 4.79 Å². The van der Waals surface area contributed by atoms with Crippen LogP contribution in [0.2, 0.25) is 0 Å². The molecule has 1 N–H and O–H groups in total. The highest BCUT2D eigenvalue weighted by Crippen LogP contribution is 2.49. The van der Waals surface area contributed by atoms with E-state index in [0.29, 0.717) is 5.92 Å². The van der Waals surface area contributed by atoms with E-state index in [1.165, 1.54) is 25.7 Å². The lowest BCUT2D eigenvalue weighted by molar-refractivity contribution is -0.124. The van der Waals surface area contributed by atoms with Gasteiger partial charge in [-0.15, -0.1) is 0 Å². The lowest BCUT2D eigenvalue weighted by atomic mass is 9.97. The SMILES string of the molecule is N#CC1(C(=O)NCC(C2CC2)C2CC2)CC1. The fourth-order valence-corrected chi connectivity index (χ4v) is 2.66. The Morgan fingerprint density at radius 3 is 2.25 bits per heavy atom. The van der Waals surface area contributed by atoms with E-state index < -0.39 is 5.41 Å². The molecule has 0 aromatic carbocycles. The van der Waals surface area contributed by atoms with Crippen molar-refractivity contribution in [3.8, 4) is 6.07 Å². The third-order valence-corrected chi connectivity index (χ3v) is 4.35. The summed E-state index contributed by atoms with van der Waals surface area (Å²) in [5.41, 5.74) is -0.641. The van der Waals surface area contributed by atoms with Crippen molar-refractivity contribution in [1.29, 1.82) is 5.26 Å². The molecule has 0 unspecified atom stereocenters. The Hall–Kier alpha value is -1.04. The molecule has 0 heterocycles. The molecule has 0 radical (unpaired) electrons. The standard InChI is InChI=1S/C13H18N2O/c14-8-13(5-6-13)12(16)15-7-11(9-1-2-9)10-3-4-10/h9-11H,1-7H2,(H,15,16). The number of hydrogen-bond donors (Lipinski definition) is 1. The van der Waals surface area contributed by atoms with Crippen molar-refractivity contribution in [3.05, 3.63) is 0 Å². The van der Waals surface area contributed by atoms with E-state index in [4.69, 9.17) is 5.26 Å². The average Bonchev–Trinajstić information content (AvgIpc) is 3.16. The van der Waals surface area contributed by atoms with Gasteiger partial charge in [0.2, 0.25) is 5.91 Å². The number of nitrogens with zero attached hydrogens (tertiary/aromatic N) is 1. The summed E-state index contributed by atoms with van der Waals surface area (Å²) in [5.74, 6) is 2.43. The van der Waals surface area contributed by atoms with Gasteiger partial charge in [-0.3, -0.25) is 4.79 Å². The Kier molecular flexibility index (Phi) is 2.20. The van der Waals surface area contributed by atoms with Crippen molar-refractivity contribution in [2.75, 3.05) is 6.54 Å². The van der Waals surface area contributed by atoms with Crippen LogP contribution in [0.15, 0.2) is 0 Å². The Balaban J connectivity index is 1.51. The van der Waals surface area contributed by atoms with Gasteiger partial charge in [-0.05, 0) is 56.3 Å². The van der Waals surface area contributed by atoms with Crippen LogP contribution >= 0.6 is 0 Å². The number of rotatable bonds is 5. The second-order valence-corrected chi connectivity index (χ2v) is 5.74. The van der Waals surface area contributed by atoms with E-state index in [0.717, 1.165) is 31.2 Å². The predicted molar refractivity (Wildman–Crippen MR) is 59.2 cm³/mol. The molecule has 3 nitrogen and oxygen atoms in total. The fourth-order valence-electron chi connectivity index (χ4n) is 2.66. The summed E-state index contributed by atoms with van der Waals surface area (Å²) in [6.07, 6.45) is 6.90. The third-order valence-electron chi connectivity index (χ3n) is 4.35. The minimum atomic E-state index is -0.641. The molecule has 0 spiro atoms. The van der Waals surface area contributed by atoms with E-state index in [9.17, 15) is 4.79 Å². The number of amides is 1. The maximum Gasteiger partial charge on any atom is 0.240 e. The molecule has 0 saturated heterocycles. The van der Waals surface area contributed by atoms with Crippen LogP contribution < -0.4 is 5.32 Å². The van der Waals surface area contributed by atoms with Crippen LogP contribution in [0.3, 0.4) is 0 Å². The molecule has 0 aliphatic heterocycles. The van der Waals surface area contributed by atoms with Crippen LogP contribution in [0.25, 0.3) is 0 Å². The molecule has 0 atom stereocenters. The van der Waals surface area contributed by atoms with Gasteiger partial charge < -0.3 is 5.32 Å². The molecule has 3 fully saturated rings. The van der Waals surface area contributed by atoms with Gasteiger partial charge in [0.1, 0.15) is 5.41 Å². The van der Waals surface area contributed by atoms with Crippen molar-refractivity contribution in [3.63, 3.8) is 0 Å². The number of nitrogens with one attached hydrogen (secondary N) is 1. The maximum atomic E-state index is 11.8. The molecule has 3 saturated carbocycles. The van der Waals surface area contributed by atoms with Gasteiger partial charge in [0, 0.05) is 6.54 Å². The Morgan fingerprint density at radius 1 is 1.31 bits per heavy atom. The normalized spacial score (nSPS) is 26.2. The molecule has 0 aromatic heterocycles. The van der Waals surface area contributed by atoms with Crippen LogP contribution in [0, 0.1) is 34.5 Å². The highest BCUT2D eigenvalue weighted by Gasteiger charge is 2.51. The lowest BCUT2D eigenvalue weighted by Gasteiger charge is -2.17. The molecule has 3 heteroatoms. The first-order valence-electron chi connectivity index (χ1n) is 6.45. The first-order chi connectivity index (χ1) is 7.75. The second-order valence-electron chi connectivity index (χ2n) is 5.74. The van der Waals surface area contributed by atoms with E-state index in [1.54, 1.807) is 0 Å². The van der Waals surface area contributed by atoms with Crippen LogP contribution in [0.4, 0.5) is 0 Å². The zero-order valence-electron chi connectivity index (χ0n) is 9.54. The Labute approximate surface area is 96.2 Å². The van der Waals surface area contributed by atoms with Crippen molar-refractivity contribution in [1.82, 2.24) is 5.32 Å². The van der Waals surface area contributed by atoms with E-state index in [2.05, 4.69) is 11.4 Å². The molecule has 0 bridgehead atoms. The molecule has 3 aliphatic rings. The van der Waals surface area contributed by atoms with E-state index >= 15 is 0 Å². The first kappa shape index (κ1) is 10.1. The fraction of sp³-hybridized carbons (Fsp3) is 0.846. The van der Waals surface area contributed by atoms with Crippen LogP contribution in [0.1, 0.15) is 38.5 Å². The zero-order valence-corrected chi connectivity index (χ0v) is 9.54. The van der Waals surface area contributed by atoms with Crippen LogP contribution in [-0.4, -0.2) is 12.5 Å². The molecule has 86 valence electrons. The topological polar surface area (TPSA) is 52.9 Å². The molecule has 16 heavy (non-hydrogen) atoms. The third kappa shape index (κ3) is 1.81. The Morgan fingerprint density at radius 2 is 1.88 bits per heavy atom. The predicted octanol–water partition coefficient (Wildman–Crippen LogP) is 1.84.